The summed E-state index contributed by atoms with van der Waals surface area (Å²) in [6, 6.07) is 9.32. The zero-order valence-electron chi connectivity index (χ0n) is 15.7. The molecule has 1 fully saturated rings. The van der Waals surface area contributed by atoms with E-state index in [1.165, 1.54) is 36.4 Å². The summed E-state index contributed by atoms with van der Waals surface area (Å²) in [6.07, 6.45) is -3.44. The van der Waals surface area contributed by atoms with Crippen LogP contribution in [-0.4, -0.2) is 32.2 Å². The van der Waals surface area contributed by atoms with Crippen LogP contribution >= 0.6 is 0 Å². The number of morpholine rings is 1. The second kappa shape index (κ2) is 8.65. The van der Waals surface area contributed by atoms with Crippen LogP contribution in [0.25, 0.3) is 5.57 Å². The molecule has 0 bridgehead atoms. The molecular formula is C21H20F4N2O2. The van der Waals surface area contributed by atoms with Gasteiger partial charge < -0.3 is 15.0 Å². The highest BCUT2D eigenvalue weighted by atomic mass is 19.4. The largest absolute Gasteiger partial charge is 0.418 e. The summed E-state index contributed by atoms with van der Waals surface area (Å²) in [4.78, 5) is 14.1. The molecule has 0 spiro atoms. The van der Waals surface area contributed by atoms with Crippen LogP contribution < -0.4 is 10.2 Å². The predicted octanol–water partition coefficient (Wildman–Crippen LogP) is 4.72. The third kappa shape index (κ3) is 5.35. The van der Waals surface area contributed by atoms with Crippen LogP contribution in [0.2, 0.25) is 0 Å². The summed E-state index contributed by atoms with van der Waals surface area (Å²) in [7, 11) is 0. The second-order valence-electron chi connectivity index (χ2n) is 6.65. The molecule has 0 atom stereocenters. The van der Waals surface area contributed by atoms with Gasteiger partial charge in [-0.1, -0.05) is 12.1 Å². The van der Waals surface area contributed by atoms with Gasteiger partial charge >= 0.3 is 6.18 Å². The van der Waals surface area contributed by atoms with Gasteiger partial charge in [0.2, 0.25) is 5.91 Å². The van der Waals surface area contributed by atoms with Crippen LogP contribution in [0.5, 0.6) is 0 Å². The molecule has 0 aliphatic carbocycles. The summed E-state index contributed by atoms with van der Waals surface area (Å²) >= 11 is 0. The van der Waals surface area contributed by atoms with Crippen LogP contribution in [-0.2, 0) is 15.7 Å². The number of alkyl halides is 3. The van der Waals surface area contributed by atoms with Gasteiger partial charge in [0.05, 0.1) is 24.5 Å². The number of hydrogen-bond acceptors (Lipinski definition) is 3. The van der Waals surface area contributed by atoms with E-state index >= 15 is 0 Å². The Hall–Kier alpha value is -2.87. The molecule has 8 heteroatoms. The zero-order valence-corrected chi connectivity index (χ0v) is 15.7. The molecule has 4 nitrogen and oxygen atoms in total. The molecule has 2 aromatic carbocycles. The van der Waals surface area contributed by atoms with Gasteiger partial charge in [-0.15, -0.1) is 0 Å². The summed E-state index contributed by atoms with van der Waals surface area (Å²) in [5.74, 6) is -1.11. The van der Waals surface area contributed by atoms with Gasteiger partial charge in [-0.25, -0.2) is 4.39 Å². The van der Waals surface area contributed by atoms with E-state index in [-0.39, 0.29) is 5.69 Å². The van der Waals surface area contributed by atoms with Crippen molar-refractivity contribution in [2.75, 3.05) is 36.5 Å². The minimum atomic E-state index is -4.62. The van der Waals surface area contributed by atoms with Crippen molar-refractivity contribution in [2.45, 2.75) is 13.1 Å². The molecule has 1 saturated heterocycles. The average molecular weight is 408 g/mol. The first-order valence-electron chi connectivity index (χ1n) is 9.03. The van der Waals surface area contributed by atoms with E-state index in [0.29, 0.717) is 43.1 Å². The Morgan fingerprint density at radius 1 is 1.10 bits per heavy atom. The Bertz CT molecular complexity index is 902. The predicted molar refractivity (Wildman–Crippen MR) is 103 cm³/mol. The SMILES string of the molecule is C/C(=C/C(=O)Nc1ccc(N2CCOCC2)cc1C(F)(F)F)c1ccc(F)cc1. The fraction of sp³-hybridized carbons (Fsp3) is 0.286. The number of halogens is 4. The van der Waals surface area contributed by atoms with Gasteiger partial charge in [-0.2, -0.15) is 13.2 Å². The Morgan fingerprint density at radius 3 is 2.38 bits per heavy atom. The van der Waals surface area contributed by atoms with Crippen LogP contribution in [0.15, 0.2) is 48.5 Å². The van der Waals surface area contributed by atoms with Crippen LogP contribution in [0.4, 0.5) is 28.9 Å². The third-order valence-corrected chi connectivity index (χ3v) is 4.59. The Balaban J connectivity index is 1.82. The van der Waals surface area contributed by atoms with E-state index in [1.807, 2.05) is 4.90 Å². The lowest BCUT2D eigenvalue weighted by Gasteiger charge is -2.29. The first kappa shape index (κ1) is 20.9. The number of carbonyl (C=O) groups excluding carboxylic acids is 1. The number of anilines is 2. The maximum atomic E-state index is 13.6. The maximum absolute atomic E-state index is 13.6. The number of allylic oxidation sites excluding steroid dienone is 1. The molecule has 0 radical (unpaired) electrons. The van der Waals surface area contributed by atoms with Gasteiger partial charge in [-0.05, 0) is 48.4 Å². The number of benzene rings is 2. The molecule has 1 N–H and O–H groups in total. The first-order valence-corrected chi connectivity index (χ1v) is 9.03. The van der Waals surface area contributed by atoms with Gasteiger partial charge in [0.25, 0.3) is 0 Å². The summed E-state index contributed by atoms with van der Waals surface area (Å²) < 4.78 is 58.9. The van der Waals surface area contributed by atoms with E-state index in [9.17, 15) is 22.4 Å². The molecular weight excluding hydrogens is 388 g/mol. The number of nitrogens with zero attached hydrogens (tertiary/aromatic N) is 1. The van der Waals surface area contributed by atoms with Crippen LogP contribution in [0.1, 0.15) is 18.1 Å². The summed E-state index contributed by atoms with van der Waals surface area (Å²) in [5.41, 5.74) is 0.295. The minimum Gasteiger partial charge on any atom is -0.378 e. The number of ether oxygens (including phenoxy) is 1. The Kier molecular flexibility index (Phi) is 6.22. The van der Waals surface area contributed by atoms with Gasteiger partial charge in [-0.3, -0.25) is 4.79 Å². The van der Waals surface area contributed by atoms with Crippen molar-refractivity contribution in [3.8, 4) is 0 Å². The normalized spacial score (nSPS) is 15.3. The quantitative estimate of drug-likeness (QED) is 0.588. The van der Waals surface area contributed by atoms with Crippen LogP contribution in [0.3, 0.4) is 0 Å². The third-order valence-electron chi connectivity index (χ3n) is 4.59. The molecule has 0 aromatic heterocycles. The Labute approximate surface area is 165 Å². The fourth-order valence-corrected chi connectivity index (χ4v) is 3.06. The van der Waals surface area contributed by atoms with Gasteiger partial charge in [0.15, 0.2) is 0 Å². The molecule has 1 amide bonds. The molecule has 0 unspecified atom stereocenters. The maximum Gasteiger partial charge on any atom is 0.418 e. The second-order valence-corrected chi connectivity index (χ2v) is 6.65. The smallest absolute Gasteiger partial charge is 0.378 e. The highest BCUT2D eigenvalue weighted by molar-refractivity contribution is 6.04. The van der Waals surface area contributed by atoms with Crippen LogP contribution in [0, 0.1) is 5.82 Å². The minimum absolute atomic E-state index is 0.317. The van der Waals surface area contributed by atoms with Gasteiger partial charge in [0, 0.05) is 24.9 Å². The van der Waals surface area contributed by atoms with E-state index in [2.05, 4.69) is 5.32 Å². The number of nitrogens with one attached hydrogen (secondary N) is 1. The Morgan fingerprint density at radius 2 is 1.76 bits per heavy atom. The molecule has 3 rings (SSSR count). The first-order chi connectivity index (χ1) is 13.7. The fourth-order valence-electron chi connectivity index (χ4n) is 3.06. The molecule has 1 aliphatic heterocycles. The summed E-state index contributed by atoms with van der Waals surface area (Å²) in [5, 5.41) is 2.31. The molecule has 1 aliphatic rings. The molecule has 1 heterocycles. The van der Waals surface area contributed by atoms with E-state index in [1.54, 1.807) is 13.0 Å². The topological polar surface area (TPSA) is 41.6 Å². The molecule has 154 valence electrons. The molecule has 2 aromatic rings. The summed E-state index contributed by atoms with van der Waals surface area (Å²) in [6.45, 7) is 3.53. The molecule has 29 heavy (non-hydrogen) atoms. The number of hydrogen-bond donors (Lipinski definition) is 1. The highest BCUT2D eigenvalue weighted by Gasteiger charge is 2.34. The monoisotopic (exact) mass is 408 g/mol. The number of carbonyl (C=O) groups is 1. The number of rotatable bonds is 4. The van der Waals surface area contributed by atoms with Crippen molar-refractivity contribution in [1.82, 2.24) is 0 Å². The standard InChI is InChI=1S/C21H20F4N2O2/c1-14(15-2-4-16(22)5-3-15)12-20(28)26-19-7-6-17(13-18(19)21(23,24)25)27-8-10-29-11-9-27/h2-7,12-13H,8-11H2,1H3,(H,26,28)/b14-12-. The van der Waals surface area contributed by atoms with Crippen molar-refractivity contribution in [1.29, 1.82) is 0 Å². The van der Waals surface area contributed by atoms with Gasteiger partial charge in [0.1, 0.15) is 5.82 Å². The lowest BCUT2D eigenvalue weighted by atomic mass is 10.1. The highest BCUT2D eigenvalue weighted by Crippen LogP contribution is 2.37. The lowest BCUT2D eigenvalue weighted by Crippen LogP contribution is -2.36. The lowest BCUT2D eigenvalue weighted by molar-refractivity contribution is -0.136. The molecule has 0 saturated carbocycles. The van der Waals surface area contributed by atoms with Crippen molar-refractivity contribution in [3.63, 3.8) is 0 Å². The number of amides is 1. The van der Waals surface area contributed by atoms with Crippen molar-refractivity contribution in [2.24, 2.45) is 0 Å². The van der Waals surface area contributed by atoms with E-state index < -0.39 is 23.5 Å². The van der Waals surface area contributed by atoms with Crippen molar-refractivity contribution in [3.05, 3.63) is 65.5 Å². The van der Waals surface area contributed by atoms with E-state index in [0.717, 1.165) is 6.07 Å². The van der Waals surface area contributed by atoms with Crippen molar-refractivity contribution >= 4 is 22.9 Å². The van der Waals surface area contributed by atoms with E-state index in [4.69, 9.17) is 4.74 Å². The van der Waals surface area contributed by atoms with Crippen molar-refractivity contribution < 1.29 is 27.1 Å². The zero-order chi connectivity index (χ0) is 21.0. The average Bonchev–Trinajstić information content (AvgIpc) is 2.68.